The lowest BCUT2D eigenvalue weighted by Crippen LogP contribution is -2.33. The Hall–Kier alpha value is -3.19. The van der Waals surface area contributed by atoms with E-state index in [1.807, 2.05) is 30.3 Å². The zero-order chi connectivity index (χ0) is 20.5. The lowest BCUT2D eigenvalue weighted by Gasteiger charge is -2.09. The highest BCUT2D eigenvalue weighted by Crippen LogP contribution is 2.22. The van der Waals surface area contributed by atoms with Gasteiger partial charge in [0, 0.05) is 23.0 Å². The van der Waals surface area contributed by atoms with E-state index >= 15 is 0 Å². The first-order valence-corrected chi connectivity index (χ1v) is 8.95. The van der Waals surface area contributed by atoms with Crippen molar-refractivity contribution in [2.24, 2.45) is 5.10 Å². The summed E-state index contributed by atoms with van der Waals surface area (Å²) in [5.41, 5.74) is 4.58. The summed E-state index contributed by atoms with van der Waals surface area (Å²) in [4.78, 5) is 35.8. The molecule has 0 fully saturated rings. The molecule has 0 radical (unpaired) electrons. The van der Waals surface area contributed by atoms with Gasteiger partial charge in [-0.2, -0.15) is 5.10 Å². The maximum Gasteiger partial charge on any atom is 0.329 e. The molecule has 146 valence electrons. The summed E-state index contributed by atoms with van der Waals surface area (Å²) in [7, 11) is 0. The number of hydrogen-bond donors (Lipinski definition) is 3. The summed E-state index contributed by atoms with van der Waals surface area (Å²) < 4.78 is 0. The van der Waals surface area contributed by atoms with Gasteiger partial charge in [-0.25, -0.2) is 5.43 Å². The number of hydrazone groups is 1. The molecule has 0 aliphatic rings. The molecule has 0 aliphatic carbocycles. The molecule has 2 aromatic carbocycles. The smallest absolute Gasteiger partial charge is 0.329 e. The third-order valence-electron chi connectivity index (χ3n) is 3.82. The number of benzene rings is 2. The highest BCUT2D eigenvalue weighted by atomic mass is 35.5. The average Bonchev–Trinajstić information content (AvgIpc) is 2.68. The van der Waals surface area contributed by atoms with Crippen molar-refractivity contribution in [3.63, 3.8) is 0 Å². The van der Waals surface area contributed by atoms with Crippen LogP contribution in [0.5, 0.6) is 0 Å². The summed E-state index contributed by atoms with van der Waals surface area (Å²) >= 11 is 5.98. The van der Waals surface area contributed by atoms with Crippen LogP contribution in [0.4, 0.5) is 5.69 Å². The van der Waals surface area contributed by atoms with Crippen LogP contribution in [0.3, 0.4) is 0 Å². The van der Waals surface area contributed by atoms with Crippen molar-refractivity contribution in [1.29, 1.82) is 0 Å². The van der Waals surface area contributed by atoms with E-state index in [1.165, 1.54) is 0 Å². The van der Waals surface area contributed by atoms with Gasteiger partial charge in [0.1, 0.15) is 0 Å². The number of carbonyl (C=O) groups is 3. The number of nitrogens with one attached hydrogen (secondary N) is 3. The second-order valence-corrected chi connectivity index (χ2v) is 6.50. The molecule has 2 rings (SSSR count). The van der Waals surface area contributed by atoms with Gasteiger partial charge in [-0.15, -0.1) is 0 Å². The number of anilines is 1. The Labute approximate surface area is 168 Å². The van der Waals surface area contributed by atoms with E-state index in [4.69, 9.17) is 11.6 Å². The first kappa shape index (κ1) is 21.1. The lowest BCUT2D eigenvalue weighted by molar-refractivity contribution is -0.136. The third-order valence-corrected chi connectivity index (χ3v) is 4.23. The summed E-state index contributed by atoms with van der Waals surface area (Å²) in [5, 5.41) is 9.50. The topological polar surface area (TPSA) is 99.7 Å². The van der Waals surface area contributed by atoms with Crippen LogP contribution in [0.2, 0.25) is 5.02 Å². The quantitative estimate of drug-likeness (QED) is 0.395. The first-order valence-electron chi connectivity index (χ1n) is 8.57. The molecule has 0 heterocycles. The minimum atomic E-state index is -0.941. The van der Waals surface area contributed by atoms with Crippen molar-refractivity contribution >= 4 is 40.7 Å². The van der Waals surface area contributed by atoms with Gasteiger partial charge < -0.3 is 10.6 Å². The minimum Gasteiger partial charge on any atom is -0.352 e. The first-order chi connectivity index (χ1) is 13.4. The van der Waals surface area contributed by atoms with Gasteiger partial charge in [0.25, 0.3) is 0 Å². The molecule has 3 amide bonds. The second-order valence-electron chi connectivity index (χ2n) is 6.09. The summed E-state index contributed by atoms with van der Waals surface area (Å²) in [6.07, 6.45) is 0.00212. The van der Waals surface area contributed by atoms with Crippen LogP contribution in [0.25, 0.3) is 0 Å². The molecule has 2 aromatic rings. The van der Waals surface area contributed by atoms with E-state index in [0.717, 1.165) is 5.56 Å². The Kier molecular flexibility index (Phi) is 7.71. The fraction of sp³-hybridized carbons (Fsp3) is 0.200. The fourth-order valence-corrected chi connectivity index (χ4v) is 2.42. The van der Waals surface area contributed by atoms with E-state index in [9.17, 15) is 14.4 Å². The molecule has 0 atom stereocenters. The Bertz CT molecular complexity index is 898. The van der Waals surface area contributed by atoms with E-state index in [0.29, 0.717) is 28.5 Å². The zero-order valence-electron chi connectivity index (χ0n) is 15.6. The molecule has 8 heteroatoms. The van der Waals surface area contributed by atoms with Crippen LogP contribution in [0, 0.1) is 6.92 Å². The molecule has 0 bridgehead atoms. The van der Waals surface area contributed by atoms with Gasteiger partial charge in [-0.05, 0) is 37.1 Å². The molecule has 0 aliphatic heterocycles. The SMILES string of the molecule is C/C(CC(=O)NCc1ccccc1)=N\NC(=O)C(=O)Nc1cccc(Cl)c1C. The normalized spacial score (nSPS) is 10.9. The molecule has 0 unspecified atom stereocenters. The number of hydrogen-bond acceptors (Lipinski definition) is 4. The zero-order valence-corrected chi connectivity index (χ0v) is 16.3. The summed E-state index contributed by atoms with van der Waals surface area (Å²) in [6.45, 7) is 3.72. The van der Waals surface area contributed by atoms with E-state index in [1.54, 1.807) is 32.0 Å². The van der Waals surface area contributed by atoms with Gasteiger partial charge >= 0.3 is 11.8 Å². The molecule has 3 N–H and O–H groups in total. The van der Waals surface area contributed by atoms with E-state index < -0.39 is 11.8 Å². The number of nitrogens with zero attached hydrogens (tertiary/aromatic N) is 1. The molecular formula is C20H21ClN4O3. The van der Waals surface area contributed by atoms with Crippen molar-refractivity contribution in [3.05, 3.63) is 64.7 Å². The molecule has 0 saturated carbocycles. The van der Waals surface area contributed by atoms with Crippen molar-refractivity contribution in [1.82, 2.24) is 10.7 Å². The van der Waals surface area contributed by atoms with Crippen LogP contribution in [-0.2, 0) is 20.9 Å². The predicted molar refractivity (Wildman–Crippen MR) is 109 cm³/mol. The summed E-state index contributed by atoms with van der Waals surface area (Å²) in [6, 6.07) is 14.5. The third kappa shape index (κ3) is 6.51. The number of amides is 3. The molecule has 0 spiro atoms. The molecule has 0 saturated heterocycles. The van der Waals surface area contributed by atoms with Crippen LogP contribution in [-0.4, -0.2) is 23.4 Å². The monoisotopic (exact) mass is 400 g/mol. The van der Waals surface area contributed by atoms with Crippen molar-refractivity contribution in [2.75, 3.05) is 5.32 Å². The number of halogens is 1. The van der Waals surface area contributed by atoms with Gasteiger partial charge in [-0.1, -0.05) is 48.0 Å². The van der Waals surface area contributed by atoms with Gasteiger partial charge in [0.05, 0.1) is 6.42 Å². The Morgan fingerprint density at radius 3 is 2.43 bits per heavy atom. The lowest BCUT2D eigenvalue weighted by atomic mass is 10.2. The Balaban J connectivity index is 1.80. The van der Waals surface area contributed by atoms with Gasteiger partial charge in [-0.3, -0.25) is 14.4 Å². The van der Waals surface area contributed by atoms with Crippen molar-refractivity contribution in [3.8, 4) is 0 Å². The summed E-state index contributed by atoms with van der Waals surface area (Å²) in [5.74, 6) is -2.06. The van der Waals surface area contributed by atoms with Crippen LogP contribution in [0.15, 0.2) is 53.6 Å². The molecular weight excluding hydrogens is 380 g/mol. The minimum absolute atomic E-state index is 0.00212. The van der Waals surface area contributed by atoms with Gasteiger partial charge in [0.2, 0.25) is 5.91 Å². The van der Waals surface area contributed by atoms with Crippen LogP contribution < -0.4 is 16.1 Å². The van der Waals surface area contributed by atoms with Gasteiger partial charge in [0.15, 0.2) is 0 Å². The maximum absolute atomic E-state index is 12.0. The highest BCUT2D eigenvalue weighted by molar-refractivity contribution is 6.40. The second kappa shape index (κ2) is 10.2. The van der Waals surface area contributed by atoms with Crippen molar-refractivity contribution < 1.29 is 14.4 Å². The van der Waals surface area contributed by atoms with Crippen molar-refractivity contribution in [2.45, 2.75) is 26.8 Å². The highest BCUT2D eigenvalue weighted by Gasteiger charge is 2.15. The number of carbonyl (C=O) groups excluding carboxylic acids is 3. The molecule has 28 heavy (non-hydrogen) atoms. The number of rotatable bonds is 6. The largest absolute Gasteiger partial charge is 0.352 e. The Morgan fingerprint density at radius 1 is 1.00 bits per heavy atom. The van der Waals surface area contributed by atoms with Crippen LogP contribution >= 0.6 is 11.6 Å². The molecule has 7 nitrogen and oxygen atoms in total. The van der Waals surface area contributed by atoms with Crippen LogP contribution in [0.1, 0.15) is 24.5 Å². The predicted octanol–water partition coefficient (Wildman–Crippen LogP) is 2.79. The fourth-order valence-electron chi connectivity index (χ4n) is 2.25. The standard InChI is InChI=1S/C20H21ClN4O3/c1-13(11-18(26)22-12-15-7-4-3-5-8-15)24-25-20(28)19(27)23-17-10-6-9-16(21)14(17)2/h3-10H,11-12H2,1-2H3,(H,22,26)(H,23,27)(H,25,28)/b24-13+. The van der Waals surface area contributed by atoms with E-state index in [-0.39, 0.29) is 12.3 Å². The average molecular weight is 401 g/mol. The molecule has 0 aromatic heterocycles. The van der Waals surface area contributed by atoms with E-state index in [2.05, 4.69) is 21.2 Å². The Morgan fingerprint density at radius 2 is 1.71 bits per heavy atom. The maximum atomic E-state index is 12.0.